The van der Waals surface area contributed by atoms with Gasteiger partial charge in [-0.2, -0.15) is 12.5 Å². The van der Waals surface area contributed by atoms with Crippen molar-refractivity contribution in [3.05, 3.63) is 71.8 Å². The first-order valence-corrected chi connectivity index (χ1v) is 7.27. The Hall–Kier alpha value is 0.517. The van der Waals surface area contributed by atoms with E-state index in [1.54, 1.807) is 12.5 Å². The maximum atomic E-state index is 4.08. The molecule has 0 unspecified atom stereocenters. The van der Waals surface area contributed by atoms with Crippen LogP contribution >= 0.6 is 0 Å². The minimum absolute atomic E-state index is 0. The Morgan fingerprint density at radius 3 is 0.800 bits per heavy atom. The molecule has 0 aromatic heterocycles. The SMILES string of the molecule is C[S-].C[S-].Cc1ccccc1.Cc1ccccc1.[Mo].[Mo]. The number of hydrogen-bond acceptors (Lipinski definition) is 2. The fraction of sp³-hybridized carbons (Fsp3) is 0.250. The Labute approximate surface area is 164 Å². The van der Waals surface area contributed by atoms with Gasteiger partial charge in [-0.05, 0) is 13.8 Å². The first kappa shape index (κ1) is 28.6. The molecule has 2 aromatic rings. The number of aryl methyl sites for hydroxylation is 2. The molecular formula is C16H22Mo2S2-2. The van der Waals surface area contributed by atoms with Gasteiger partial charge in [0.2, 0.25) is 0 Å². The van der Waals surface area contributed by atoms with Crippen molar-refractivity contribution in [2.24, 2.45) is 0 Å². The summed E-state index contributed by atoms with van der Waals surface area (Å²) in [7, 11) is 0. The van der Waals surface area contributed by atoms with E-state index in [-0.39, 0.29) is 42.1 Å². The molecule has 0 saturated carbocycles. The van der Waals surface area contributed by atoms with Gasteiger partial charge >= 0.3 is 0 Å². The third kappa shape index (κ3) is 20.8. The topological polar surface area (TPSA) is 0 Å². The van der Waals surface area contributed by atoms with Crippen molar-refractivity contribution < 1.29 is 42.1 Å². The Balaban J connectivity index is -0.0000000950. The minimum atomic E-state index is 0. The van der Waals surface area contributed by atoms with E-state index >= 15 is 0 Å². The van der Waals surface area contributed by atoms with Gasteiger partial charge in [-0.3, -0.25) is 0 Å². The zero-order valence-electron chi connectivity index (χ0n) is 12.4. The van der Waals surface area contributed by atoms with Gasteiger partial charge in [0.25, 0.3) is 0 Å². The largest absolute Gasteiger partial charge is 0.796 e. The molecule has 0 fully saturated rings. The zero-order valence-corrected chi connectivity index (χ0v) is 18.1. The third-order valence-corrected chi connectivity index (χ3v) is 1.88. The van der Waals surface area contributed by atoms with Crippen LogP contribution in [0.15, 0.2) is 60.7 Å². The van der Waals surface area contributed by atoms with Crippen LogP contribution in [0.3, 0.4) is 0 Å². The van der Waals surface area contributed by atoms with Crippen LogP contribution in [0.2, 0.25) is 0 Å². The second-order valence-corrected chi connectivity index (χ2v) is 3.31. The van der Waals surface area contributed by atoms with Crippen LogP contribution in [-0.4, -0.2) is 12.5 Å². The minimum Gasteiger partial charge on any atom is -0.796 e. The molecule has 2 rings (SSSR count). The van der Waals surface area contributed by atoms with Gasteiger partial charge < -0.3 is 25.3 Å². The Bertz CT molecular complexity index is 316. The monoisotopic (exact) mass is 474 g/mol. The van der Waals surface area contributed by atoms with E-state index in [0.717, 1.165) is 0 Å². The first-order valence-electron chi connectivity index (χ1n) is 5.64. The van der Waals surface area contributed by atoms with Crippen LogP contribution in [0.5, 0.6) is 0 Å². The molecule has 112 valence electrons. The van der Waals surface area contributed by atoms with Crippen molar-refractivity contribution in [3.8, 4) is 0 Å². The van der Waals surface area contributed by atoms with Gasteiger partial charge in [-0.15, -0.1) is 0 Å². The molecule has 0 bridgehead atoms. The normalized spacial score (nSPS) is 6.70. The maximum Gasteiger partial charge on any atom is 0 e. The standard InChI is InChI=1S/2C7H8.2CH4S.2Mo/c2*1-7-5-3-2-4-6-7;2*1-2;;/h2*2-6H,1H3;2*2H,1H3;;/p-2. The van der Waals surface area contributed by atoms with Crippen LogP contribution in [0.4, 0.5) is 0 Å². The number of rotatable bonds is 0. The van der Waals surface area contributed by atoms with Crippen molar-refractivity contribution in [2.75, 3.05) is 12.5 Å². The summed E-state index contributed by atoms with van der Waals surface area (Å²) >= 11 is 8.17. The summed E-state index contributed by atoms with van der Waals surface area (Å²) in [6, 6.07) is 20.5. The summed E-state index contributed by atoms with van der Waals surface area (Å²) in [4.78, 5) is 0. The molecule has 0 aliphatic rings. The van der Waals surface area contributed by atoms with Crippen molar-refractivity contribution in [1.82, 2.24) is 0 Å². The molecule has 0 saturated heterocycles. The van der Waals surface area contributed by atoms with Crippen LogP contribution < -0.4 is 0 Å². The smallest absolute Gasteiger partial charge is 0 e. The molecular weight excluding hydrogens is 448 g/mol. The Morgan fingerprint density at radius 2 is 0.700 bits per heavy atom. The summed E-state index contributed by atoms with van der Waals surface area (Å²) in [6.07, 6.45) is 3.17. The van der Waals surface area contributed by atoms with Crippen LogP contribution in [-0.2, 0) is 67.4 Å². The maximum absolute atomic E-state index is 4.08. The van der Waals surface area contributed by atoms with E-state index in [2.05, 4.69) is 63.4 Å². The molecule has 0 atom stereocenters. The molecule has 0 N–H and O–H groups in total. The molecule has 4 heteroatoms. The zero-order chi connectivity index (χ0) is 14.2. The average Bonchev–Trinajstić information content (AvgIpc) is 2.46. The van der Waals surface area contributed by atoms with Crippen molar-refractivity contribution in [3.63, 3.8) is 0 Å². The Morgan fingerprint density at radius 1 is 0.500 bits per heavy atom. The molecule has 2 aromatic carbocycles. The van der Waals surface area contributed by atoms with E-state index in [1.165, 1.54) is 11.1 Å². The van der Waals surface area contributed by atoms with Gasteiger partial charge in [0, 0.05) is 42.1 Å². The second-order valence-electron chi connectivity index (χ2n) is 3.31. The van der Waals surface area contributed by atoms with Crippen molar-refractivity contribution in [2.45, 2.75) is 13.8 Å². The van der Waals surface area contributed by atoms with E-state index in [9.17, 15) is 0 Å². The quantitative estimate of drug-likeness (QED) is 0.416. The molecule has 0 aliphatic carbocycles. The van der Waals surface area contributed by atoms with E-state index in [1.807, 2.05) is 36.4 Å². The molecule has 0 aliphatic heterocycles. The van der Waals surface area contributed by atoms with E-state index in [0.29, 0.717) is 0 Å². The molecule has 0 heterocycles. The fourth-order valence-corrected chi connectivity index (χ4v) is 1.07. The molecule has 20 heavy (non-hydrogen) atoms. The molecule has 0 amide bonds. The summed E-state index contributed by atoms with van der Waals surface area (Å²) in [5, 5.41) is 0. The van der Waals surface area contributed by atoms with Gasteiger partial charge in [-0.25, -0.2) is 0 Å². The predicted molar refractivity (Wildman–Crippen MR) is 88.9 cm³/mol. The van der Waals surface area contributed by atoms with Gasteiger partial charge in [0.1, 0.15) is 0 Å². The Kier molecular flexibility index (Phi) is 35.1. The summed E-state index contributed by atoms with van der Waals surface area (Å²) in [5.74, 6) is 0. The van der Waals surface area contributed by atoms with Crippen molar-refractivity contribution >= 4 is 25.3 Å². The fourth-order valence-electron chi connectivity index (χ4n) is 1.07. The summed E-state index contributed by atoms with van der Waals surface area (Å²) in [6.45, 7) is 4.17. The molecule has 0 nitrogen and oxygen atoms in total. The third-order valence-electron chi connectivity index (χ3n) is 1.88. The van der Waals surface area contributed by atoms with Gasteiger partial charge in [-0.1, -0.05) is 71.8 Å². The molecule has 0 spiro atoms. The summed E-state index contributed by atoms with van der Waals surface area (Å²) in [5.41, 5.74) is 2.64. The van der Waals surface area contributed by atoms with E-state index in [4.69, 9.17) is 0 Å². The predicted octanol–water partition coefficient (Wildman–Crippen LogP) is 4.31. The van der Waals surface area contributed by atoms with Crippen LogP contribution in [0.25, 0.3) is 0 Å². The first-order chi connectivity index (χ1) is 8.79. The summed E-state index contributed by atoms with van der Waals surface area (Å²) < 4.78 is 0. The van der Waals surface area contributed by atoms with E-state index < -0.39 is 0 Å². The van der Waals surface area contributed by atoms with Crippen LogP contribution in [0.1, 0.15) is 11.1 Å². The van der Waals surface area contributed by atoms with Crippen molar-refractivity contribution in [1.29, 1.82) is 0 Å². The van der Waals surface area contributed by atoms with Gasteiger partial charge in [0.15, 0.2) is 0 Å². The number of benzene rings is 2. The second kappa shape index (κ2) is 24.5. The average molecular weight is 470 g/mol. The van der Waals surface area contributed by atoms with Gasteiger partial charge in [0.05, 0.1) is 0 Å². The van der Waals surface area contributed by atoms with Crippen LogP contribution in [0, 0.1) is 13.8 Å². The number of hydrogen-bond donors (Lipinski definition) is 0. The molecule has 0 radical (unpaired) electrons.